The number of hydrogen-bond acceptors (Lipinski definition) is 3. The molecule has 1 aromatic heterocycles. The maximum Gasteiger partial charge on any atom is 0.254 e. The Balaban J connectivity index is 1.69. The van der Waals surface area contributed by atoms with Gasteiger partial charge in [-0.1, -0.05) is 25.0 Å². The summed E-state index contributed by atoms with van der Waals surface area (Å²) in [6.45, 7) is 2.43. The highest BCUT2D eigenvalue weighted by molar-refractivity contribution is 5.94. The molecule has 3 rings (SSSR count). The van der Waals surface area contributed by atoms with Gasteiger partial charge in [0.05, 0.1) is 6.54 Å². The Morgan fingerprint density at radius 3 is 2.48 bits per heavy atom. The van der Waals surface area contributed by atoms with Crippen molar-refractivity contribution < 1.29 is 4.79 Å². The minimum absolute atomic E-state index is 0.166. The monoisotopic (exact) mass is 340 g/mol. The number of aromatic nitrogens is 2. The van der Waals surface area contributed by atoms with Gasteiger partial charge in [0.25, 0.3) is 5.91 Å². The van der Waals surface area contributed by atoms with Crippen LogP contribution in [0.25, 0.3) is 0 Å². The molecule has 0 saturated heterocycles. The molecule has 1 aliphatic carbocycles. The molecule has 0 N–H and O–H groups in total. The first-order chi connectivity index (χ1) is 12.1. The summed E-state index contributed by atoms with van der Waals surface area (Å²) in [4.78, 5) is 17.3. The quantitative estimate of drug-likeness (QED) is 0.778. The number of carbonyl (C=O) groups is 1. The molecule has 0 aliphatic heterocycles. The molecule has 0 bridgehead atoms. The Morgan fingerprint density at radius 2 is 1.88 bits per heavy atom. The van der Waals surface area contributed by atoms with Crippen molar-refractivity contribution in [3.05, 3.63) is 53.9 Å². The molecule has 1 amide bonds. The van der Waals surface area contributed by atoms with Crippen molar-refractivity contribution in [3.63, 3.8) is 0 Å². The second kappa shape index (κ2) is 8.30. The van der Waals surface area contributed by atoms with E-state index < -0.39 is 0 Å². The summed E-state index contributed by atoms with van der Waals surface area (Å²) in [5, 5.41) is 4.23. The third-order valence-electron chi connectivity index (χ3n) is 4.92. The fraction of sp³-hybridized carbons (Fsp3) is 0.500. The summed E-state index contributed by atoms with van der Waals surface area (Å²) in [5.74, 6) is 0.166. The van der Waals surface area contributed by atoms with Gasteiger partial charge in [0.2, 0.25) is 0 Å². The van der Waals surface area contributed by atoms with E-state index in [-0.39, 0.29) is 5.91 Å². The highest BCUT2D eigenvalue weighted by Crippen LogP contribution is 2.25. The number of carbonyl (C=O) groups excluding carboxylic acids is 1. The van der Waals surface area contributed by atoms with E-state index in [9.17, 15) is 4.79 Å². The van der Waals surface area contributed by atoms with Gasteiger partial charge in [-0.15, -0.1) is 0 Å². The van der Waals surface area contributed by atoms with Gasteiger partial charge in [0.15, 0.2) is 0 Å². The largest absolute Gasteiger partial charge is 0.334 e. The van der Waals surface area contributed by atoms with E-state index >= 15 is 0 Å². The van der Waals surface area contributed by atoms with Gasteiger partial charge in [-0.05, 0) is 50.7 Å². The van der Waals surface area contributed by atoms with Crippen LogP contribution in [0.2, 0.25) is 0 Å². The van der Waals surface area contributed by atoms with Crippen molar-refractivity contribution in [2.75, 3.05) is 27.2 Å². The molecule has 0 atom stereocenters. The number of rotatable bonds is 7. The van der Waals surface area contributed by atoms with E-state index in [2.05, 4.69) is 29.0 Å². The lowest BCUT2D eigenvalue weighted by Gasteiger charge is -2.30. The third kappa shape index (κ3) is 4.69. The second-order valence-corrected chi connectivity index (χ2v) is 7.14. The normalized spacial score (nSPS) is 15.0. The van der Waals surface area contributed by atoms with E-state index in [4.69, 9.17) is 0 Å². The molecular formula is C20H28N4O. The van der Waals surface area contributed by atoms with Crippen LogP contribution in [0.1, 0.15) is 41.6 Å². The third-order valence-corrected chi connectivity index (χ3v) is 4.92. The van der Waals surface area contributed by atoms with Gasteiger partial charge < -0.3 is 9.80 Å². The van der Waals surface area contributed by atoms with Gasteiger partial charge in [-0.3, -0.25) is 9.48 Å². The van der Waals surface area contributed by atoms with Gasteiger partial charge in [-0.25, -0.2) is 0 Å². The smallest absolute Gasteiger partial charge is 0.254 e. The first kappa shape index (κ1) is 17.7. The molecule has 1 aliphatic rings. The molecule has 134 valence electrons. The number of likely N-dealkylation sites (N-methyl/N-ethyl adjacent to an activating group) is 1. The lowest BCUT2D eigenvalue weighted by molar-refractivity contribution is 0.0667. The van der Waals surface area contributed by atoms with E-state index in [1.165, 1.54) is 12.8 Å². The molecule has 5 nitrogen and oxygen atoms in total. The molecule has 1 aromatic carbocycles. The minimum Gasteiger partial charge on any atom is -0.334 e. The maximum atomic E-state index is 13.1. The summed E-state index contributed by atoms with van der Waals surface area (Å²) in [5.41, 5.74) is 1.94. The van der Waals surface area contributed by atoms with Crippen LogP contribution < -0.4 is 0 Å². The van der Waals surface area contributed by atoms with Crippen LogP contribution in [-0.2, 0) is 6.54 Å². The Kier molecular flexibility index (Phi) is 5.87. The zero-order valence-electron chi connectivity index (χ0n) is 15.3. The Morgan fingerprint density at radius 1 is 1.16 bits per heavy atom. The molecule has 1 heterocycles. The molecule has 0 spiro atoms. The number of nitrogens with zero attached hydrogens (tertiary/aromatic N) is 4. The molecule has 2 aromatic rings. The van der Waals surface area contributed by atoms with Gasteiger partial charge in [-0.2, -0.15) is 5.10 Å². The fourth-order valence-corrected chi connectivity index (χ4v) is 3.47. The van der Waals surface area contributed by atoms with Gasteiger partial charge in [0.1, 0.15) is 0 Å². The van der Waals surface area contributed by atoms with Crippen molar-refractivity contribution in [1.29, 1.82) is 0 Å². The topological polar surface area (TPSA) is 41.4 Å². The molecular weight excluding hydrogens is 312 g/mol. The van der Waals surface area contributed by atoms with Gasteiger partial charge in [0, 0.05) is 37.1 Å². The molecule has 25 heavy (non-hydrogen) atoms. The maximum absolute atomic E-state index is 13.1. The lowest BCUT2D eigenvalue weighted by atomic mass is 10.1. The summed E-state index contributed by atoms with van der Waals surface area (Å²) in [6, 6.07) is 10.3. The second-order valence-electron chi connectivity index (χ2n) is 7.14. The highest BCUT2D eigenvalue weighted by Gasteiger charge is 2.27. The van der Waals surface area contributed by atoms with E-state index in [1.54, 1.807) is 6.20 Å². The van der Waals surface area contributed by atoms with E-state index in [0.717, 1.165) is 43.6 Å². The predicted octanol–water partition coefficient (Wildman–Crippen LogP) is 2.88. The molecule has 0 radical (unpaired) electrons. The average molecular weight is 340 g/mol. The Bertz CT molecular complexity index is 658. The average Bonchev–Trinajstić information content (AvgIpc) is 3.29. The Labute approximate surface area is 150 Å². The van der Waals surface area contributed by atoms with Gasteiger partial charge >= 0.3 is 0 Å². The van der Waals surface area contributed by atoms with Crippen molar-refractivity contribution in [2.24, 2.45) is 0 Å². The highest BCUT2D eigenvalue weighted by atomic mass is 16.2. The summed E-state index contributed by atoms with van der Waals surface area (Å²) < 4.78 is 1.89. The van der Waals surface area contributed by atoms with Crippen LogP contribution in [0.3, 0.4) is 0 Å². The predicted molar refractivity (Wildman–Crippen MR) is 99.6 cm³/mol. The van der Waals surface area contributed by atoms with Crippen LogP contribution in [0.15, 0.2) is 42.7 Å². The van der Waals surface area contributed by atoms with Crippen LogP contribution in [0, 0.1) is 0 Å². The zero-order valence-corrected chi connectivity index (χ0v) is 15.3. The zero-order chi connectivity index (χ0) is 17.6. The number of amides is 1. The molecule has 1 fully saturated rings. The van der Waals surface area contributed by atoms with Crippen LogP contribution >= 0.6 is 0 Å². The van der Waals surface area contributed by atoms with Crippen molar-refractivity contribution in [2.45, 2.75) is 38.3 Å². The first-order valence-corrected chi connectivity index (χ1v) is 9.15. The lowest BCUT2D eigenvalue weighted by Crippen LogP contribution is -2.42. The molecule has 0 unspecified atom stereocenters. The fourth-order valence-electron chi connectivity index (χ4n) is 3.47. The van der Waals surface area contributed by atoms with Crippen molar-refractivity contribution in [1.82, 2.24) is 19.6 Å². The summed E-state index contributed by atoms with van der Waals surface area (Å²) >= 11 is 0. The number of hydrogen-bond donors (Lipinski definition) is 0. The summed E-state index contributed by atoms with van der Waals surface area (Å²) in [6.07, 6.45) is 8.47. The van der Waals surface area contributed by atoms with Crippen LogP contribution in [-0.4, -0.2) is 58.7 Å². The molecule has 1 saturated carbocycles. The van der Waals surface area contributed by atoms with Crippen LogP contribution in [0.4, 0.5) is 0 Å². The number of benzene rings is 1. The first-order valence-electron chi connectivity index (χ1n) is 9.15. The molecule has 5 heteroatoms. The summed E-state index contributed by atoms with van der Waals surface area (Å²) in [7, 11) is 4.11. The SMILES string of the molecule is CN(C)CCN(C(=O)c1ccc(Cn2cccn2)cc1)C1CCCC1. The standard InChI is InChI=1S/C20H28N4O/c1-22(2)14-15-24(19-6-3-4-7-19)20(25)18-10-8-17(9-11-18)16-23-13-5-12-21-23/h5,8-13,19H,3-4,6-7,14-16H2,1-2H3. The van der Waals surface area contributed by atoms with E-state index in [0.29, 0.717) is 6.04 Å². The van der Waals surface area contributed by atoms with E-state index in [1.807, 2.05) is 41.2 Å². The van der Waals surface area contributed by atoms with Crippen molar-refractivity contribution >= 4 is 5.91 Å². The van der Waals surface area contributed by atoms with Crippen molar-refractivity contribution in [3.8, 4) is 0 Å². The van der Waals surface area contributed by atoms with Crippen LogP contribution in [0.5, 0.6) is 0 Å². The minimum atomic E-state index is 0.166. The Hall–Kier alpha value is -2.14.